The Bertz CT molecular complexity index is 2350. The van der Waals surface area contributed by atoms with Gasteiger partial charge in [-0.3, -0.25) is 14.6 Å². The molecule has 3 aromatic carbocycles. The van der Waals surface area contributed by atoms with Crippen LogP contribution < -0.4 is 15.5 Å². The van der Waals surface area contributed by atoms with Crippen molar-refractivity contribution in [2.24, 2.45) is 5.92 Å². The molecule has 1 saturated heterocycles. The Morgan fingerprint density at radius 1 is 0.847 bits per heavy atom. The van der Waals surface area contributed by atoms with Crippen LogP contribution in [0.4, 0.5) is 11.4 Å². The number of rotatable bonds is 10. The summed E-state index contributed by atoms with van der Waals surface area (Å²) in [5.74, 6) is -0.645. The number of hydrogen-bond acceptors (Lipinski definition) is 6. The van der Waals surface area contributed by atoms with Crippen LogP contribution in [0.1, 0.15) is 90.8 Å². The number of carboxylic acid groups (broad SMARTS) is 1. The number of fused-ring (bicyclic) bond motifs is 5. The summed E-state index contributed by atoms with van der Waals surface area (Å²) in [6, 6.07) is 26.7. The fourth-order valence-corrected chi connectivity index (χ4v) is 10.3. The zero-order valence-corrected chi connectivity index (χ0v) is 33.7. The fraction of sp³-hybridized carbons (Fsp3) is 0.388. The van der Waals surface area contributed by atoms with Gasteiger partial charge in [0.25, 0.3) is 5.91 Å². The number of anilines is 2. The Morgan fingerprint density at radius 3 is 2.34 bits per heavy atom. The molecule has 4 aliphatic rings. The van der Waals surface area contributed by atoms with E-state index in [1.807, 2.05) is 54.9 Å². The summed E-state index contributed by atoms with van der Waals surface area (Å²) in [7, 11) is 0. The Labute approximate surface area is 346 Å². The number of pyridine rings is 1. The lowest BCUT2D eigenvalue weighted by atomic mass is 9.81. The van der Waals surface area contributed by atoms with Crippen LogP contribution in [0.25, 0.3) is 28.2 Å². The number of nitrogens with one attached hydrogen (secondary N) is 2. The maximum atomic E-state index is 14.6. The zero-order valence-electron chi connectivity index (χ0n) is 33.7. The number of benzene rings is 3. The number of carbonyl (C=O) groups excluding carboxylic acids is 2. The predicted molar refractivity (Wildman–Crippen MR) is 234 cm³/mol. The van der Waals surface area contributed by atoms with Gasteiger partial charge in [-0.25, -0.2) is 4.79 Å². The molecule has 2 aliphatic carbocycles. The number of piperazine rings is 1. The number of amides is 2. The van der Waals surface area contributed by atoms with Crippen LogP contribution in [0.15, 0.2) is 97.3 Å². The van der Waals surface area contributed by atoms with Crippen molar-refractivity contribution in [3.8, 4) is 11.3 Å². The van der Waals surface area contributed by atoms with Crippen molar-refractivity contribution in [1.29, 1.82) is 0 Å². The van der Waals surface area contributed by atoms with Gasteiger partial charge in [-0.15, -0.1) is 0 Å². The highest BCUT2D eigenvalue weighted by atomic mass is 16.4. The molecule has 3 N–H and O–H groups in total. The van der Waals surface area contributed by atoms with Crippen molar-refractivity contribution in [1.82, 2.24) is 19.8 Å². The Morgan fingerprint density at radius 2 is 1.59 bits per heavy atom. The number of aromatic nitrogens is 2. The molecule has 2 aromatic heterocycles. The van der Waals surface area contributed by atoms with Crippen LogP contribution >= 0.6 is 0 Å². The highest BCUT2D eigenvalue weighted by molar-refractivity contribution is 6.01. The standard InChI is InChI=1S/C49H54N6O4/c56-44(57)19-14-34-12-16-39(17-13-34)51-33-49(22-6-7-23-49)52-47(58)37-15-18-42-43(31-37)55-32-38(48(59)54-28-26-53(27-29-54)40-20-24-50-25-21-40)30-36-10-4-5-11-41(36)46(55)45(42)35-8-2-1-3-9-35/h4-5,10-21,24-25,31,35,38,51H,1-3,6-9,22-23,26-30,32-33H2,(H,52,58)(H,56,57). The molecule has 10 heteroatoms. The molecule has 1 atom stereocenters. The molecular weight excluding hydrogens is 737 g/mol. The molecular formula is C49H54N6O4. The largest absolute Gasteiger partial charge is 0.478 e. The minimum absolute atomic E-state index is 0.0757. The molecule has 2 amide bonds. The molecule has 0 radical (unpaired) electrons. The lowest BCUT2D eigenvalue weighted by Gasteiger charge is -2.37. The summed E-state index contributed by atoms with van der Waals surface area (Å²) in [6.45, 7) is 4.10. The van der Waals surface area contributed by atoms with E-state index >= 15 is 0 Å². The van der Waals surface area contributed by atoms with Crippen molar-refractivity contribution in [2.45, 2.75) is 82.2 Å². The molecule has 304 valence electrons. The molecule has 0 spiro atoms. The number of carboxylic acids is 1. The van der Waals surface area contributed by atoms with Crippen LogP contribution in [0.5, 0.6) is 0 Å². The van der Waals surface area contributed by atoms with Crippen molar-refractivity contribution < 1.29 is 19.5 Å². The van der Waals surface area contributed by atoms with Crippen LogP contribution in [0.2, 0.25) is 0 Å². The zero-order chi connectivity index (χ0) is 40.3. The number of hydrogen-bond donors (Lipinski definition) is 3. The first-order valence-corrected chi connectivity index (χ1v) is 21.6. The second-order valence-corrected chi connectivity index (χ2v) is 17.1. The summed E-state index contributed by atoms with van der Waals surface area (Å²) in [6.07, 6.45) is 16.9. The highest BCUT2D eigenvalue weighted by Gasteiger charge is 2.37. The molecule has 5 aromatic rings. The van der Waals surface area contributed by atoms with Gasteiger partial charge >= 0.3 is 5.97 Å². The third-order valence-corrected chi connectivity index (χ3v) is 13.4. The molecule has 2 aliphatic heterocycles. The maximum Gasteiger partial charge on any atom is 0.328 e. The van der Waals surface area contributed by atoms with E-state index < -0.39 is 11.5 Å². The van der Waals surface area contributed by atoms with Crippen molar-refractivity contribution in [2.75, 3.05) is 42.9 Å². The van der Waals surface area contributed by atoms with E-state index in [2.05, 4.69) is 66.4 Å². The van der Waals surface area contributed by atoms with E-state index in [0.717, 1.165) is 80.1 Å². The highest BCUT2D eigenvalue weighted by Crippen LogP contribution is 2.47. The Balaban J connectivity index is 1.02. The quantitative estimate of drug-likeness (QED) is 0.121. The van der Waals surface area contributed by atoms with Gasteiger partial charge in [0.05, 0.1) is 17.2 Å². The lowest BCUT2D eigenvalue weighted by molar-refractivity contribution is -0.136. The van der Waals surface area contributed by atoms with Crippen LogP contribution in [-0.4, -0.2) is 75.6 Å². The maximum absolute atomic E-state index is 14.6. The molecule has 3 fully saturated rings. The number of carbonyl (C=O) groups is 3. The SMILES string of the molecule is O=C(O)C=Cc1ccc(NCC2(NC(=O)c3ccc4c(C5CCCCC5)c5n(c4c3)CC(C(=O)N3CCN(c4ccncc4)CC3)Cc3ccccc3-5)CCCC2)cc1. The molecule has 1 unspecified atom stereocenters. The van der Waals surface area contributed by atoms with Crippen LogP contribution in [-0.2, 0) is 22.6 Å². The second-order valence-electron chi connectivity index (χ2n) is 17.1. The topological polar surface area (TPSA) is 120 Å². The van der Waals surface area contributed by atoms with E-state index in [0.29, 0.717) is 44.1 Å². The van der Waals surface area contributed by atoms with E-state index in [9.17, 15) is 14.4 Å². The smallest absolute Gasteiger partial charge is 0.328 e. The molecule has 4 heterocycles. The molecule has 2 saturated carbocycles. The van der Waals surface area contributed by atoms with Crippen molar-refractivity contribution >= 4 is 46.1 Å². The first kappa shape index (κ1) is 38.6. The summed E-state index contributed by atoms with van der Waals surface area (Å²) in [5.41, 5.74) is 9.23. The van der Waals surface area contributed by atoms with Gasteiger partial charge in [-0.2, -0.15) is 0 Å². The van der Waals surface area contributed by atoms with Crippen molar-refractivity contribution in [3.05, 3.63) is 120 Å². The monoisotopic (exact) mass is 790 g/mol. The van der Waals surface area contributed by atoms with E-state index in [-0.39, 0.29) is 17.7 Å². The number of aliphatic carboxylic acids is 1. The average Bonchev–Trinajstić information content (AvgIpc) is 3.82. The molecule has 0 bridgehead atoms. The summed E-state index contributed by atoms with van der Waals surface area (Å²) >= 11 is 0. The lowest BCUT2D eigenvalue weighted by Crippen LogP contribution is -2.51. The van der Waals surface area contributed by atoms with E-state index in [1.54, 1.807) is 6.08 Å². The van der Waals surface area contributed by atoms with Crippen LogP contribution in [0, 0.1) is 5.92 Å². The normalized spacial score (nSPS) is 19.3. The van der Waals surface area contributed by atoms with Gasteiger partial charge in [-0.1, -0.05) is 74.6 Å². The van der Waals surface area contributed by atoms with E-state index in [4.69, 9.17) is 5.11 Å². The minimum atomic E-state index is -0.977. The summed E-state index contributed by atoms with van der Waals surface area (Å²) < 4.78 is 2.42. The third-order valence-electron chi connectivity index (χ3n) is 13.4. The van der Waals surface area contributed by atoms with Crippen LogP contribution in [0.3, 0.4) is 0 Å². The Kier molecular flexibility index (Phi) is 11.0. The first-order chi connectivity index (χ1) is 28.8. The van der Waals surface area contributed by atoms with Gasteiger partial charge in [0.1, 0.15) is 0 Å². The molecule has 10 nitrogen and oxygen atoms in total. The fourth-order valence-electron chi connectivity index (χ4n) is 10.3. The minimum Gasteiger partial charge on any atom is -0.478 e. The average molecular weight is 791 g/mol. The second kappa shape index (κ2) is 16.8. The van der Waals surface area contributed by atoms with Crippen molar-refractivity contribution in [3.63, 3.8) is 0 Å². The molecule has 9 rings (SSSR count). The van der Waals surface area contributed by atoms with Gasteiger partial charge in [-0.05, 0) is 97.2 Å². The first-order valence-electron chi connectivity index (χ1n) is 21.6. The third kappa shape index (κ3) is 8.10. The predicted octanol–water partition coefficient (Wildman–Crippen LogP) is 8.52. The summed E-state index contributed by atoms with van der Waals surface area (Å²) in [4.78, 5) is 48.6. The van der Waals surface area contributed by atoms with Gasteiger partial charge in [0.15, 0.2) is 0 Å². The Hall–Kier alpha value is -5.90. The van der Waals surface area contributed by atoms with E-state index in [1.165, 1.54) is 47.0 Å². The molecule has 59 heavy (non-hydrogen) atoms. The summed E-state index contributed by atoms with van der Waals surface area (Å²) in [5, 5.41) is 17.2. The van der Waals surface area contributed by atoms with Gasteiger partial charge in [0, 0.05) is 91.1 Å². The van der Waals surface area contributed by atoms with Gasteiger partial charge < -0.3 is 30.1 Å². The van der Waals surface area contributed by atoms with Gasteiger partial charge in [0.2, 0.25) is 5.91 Å². The number of nitrogens with zero attached hydrogens (tertiary/aromatic N) is 4.